The van der Waals surface area contributed by atoms with Crippen LogP contribution in [0.2, 0.25) is 0 Å². The molecule has 0 unspecified atom stereocenters. The summed E-state index contributed by atoms with van der Waals surface area (Å²) >= 11 is 0. The molecule has 27 heavy (non-hydrogen) atoms. The average molecular weight is 355 g/mol. The van der Waals surface area contributed by atoms with Gasteiger partial charge in [-0.3, -0.25) is 0 Å². The highest BCUT2D eigenvalue weighted by molar-refractivity contribution is 6.13. The molecule has 0 spiro atoms. The second-order valence-corrected chi connectivity index (χ2v) is 6.19. The van der Waals surface area contributed by atoms with Crippen LogP contribution in [0.4, 0.5) is 0 Å². The molecule has 132 valence electrons. The second kappa shape index (κ2) is 6.92. The van der Waals surface area contributed by atoms with Gasteiger partial charge in [0.15, 0.2) is 0 Å². The van der Waals surface area contributed by atoms with Crippen LogP contribution in [0.15, 0.2) is 66.7 Å². The zero-order valence-electron chi connectivity index (χ0n) is 14.7. The lowest BCUT2D eigenvalue weighted by molar-refractivity contribution is 0.0701. The highest BCUT2D eigenvalue weighted by Crippen LogP contribution is 2.27. The lowest BCUT2D eigenvalue weighted by atomic mass is 10.0. The Hall–Kier alpha value is -3.66. The van der Waals surface area contributed by atoms with Gasteiger partial charge in [0.25, 0.3) is 0 Å². The molecule has 4 aromatic rings. The van der Waals surface area contributed by atoms with Crippen LogP contribution in [0.25, 0.3) is 34.0 Å². The van der Waals surface area contributed by atoms with Crippen LogP contribution in [-0.2, 0) is 0 Å². The summed E-state index contributed by atoms with van der Waals surface area (Å²) in [6, 6.07) is 20.7. The summed E-state index contributed by atoms with van der Waals surface area (Å²) in [6.45, 7) is 0. The Bertz CT molecular complexity index is 1180. The molecule has 4 heteroatoms. The highest BCUT2D eigenvalue weighted by atomic mass is 16.5. The molecule has 0 aliphatic heterocycles. The number of hydrogen-bond donors (Lipinski definition) is 1. The minimum absolute atomic E-state index is 0.293. The number of para-hydroxylation sites is 1. The largest absolute Gasteiger partial charge is 0.497 e. The van der Waals surface area contributed by atoms with Gasteiger partial charge in [0.2, 0.25) is 0 Å². The third-order valence-corrected chi connectivity index (χ3v) is 4.50. The number of ether oxygens (including phenoxy) is 1. The standard InChI is InChI=1S/C23H17NO3/c1-27-17-11-8-15(9-12-17)6-7-16-10-13-19-21(14-16)24-20-5-3-2-4-18(20)22(19)23(25)26/h2-14H,1H3,(H,25,26). The number of carboxylic acids is 1. The van der Waals surface area contributed by atoms with Crippen molar-refractivity contribution < 1.29 is 14.6 Å². The van der Waals surface area contributed by atoms with Gasteiger partial charge in [0.1, 0.15) is 5.75 Å². The zero-order valence-corrected chi connectivity index (χ0v) is 14.7. The van der Waals surface area contributed by atoms with Gasteiger partial charge < -0.3 is 9.84 Å². The van der Waals surface area contributed by atoms with Crippen molar-refractivity contribution in [1.29, 1.82) is 0 Å². The van der Waals surface area contributed by atoms with E-state index in [1.807, 2.05) is 72.8 Å². The molecular formula is C23H17NO3. The number of carboxylic acid groups (broad SMARTS) is 1. The van der Waals surface area contributed by atoms with Crippen molar-refractivity contribution in [1.82, 2.24) is 4.98 Å². The van der Waals surface area contributed by atoms with E-state index < -0.39 is 5.97 Å². The Morgan fingerprint density at radius 2 is 1.56 bits per heavy atom. The van der Waals surface area contributed by atoms with Gasteiger partial charge in [-0.2, -0.15) is 0 Å². The number of carbonyl (C=O) groups is 1. The van der Waals surface area contributed by atoms with E-state index in [1.165, 1.54) is 0 Å². The monoisotopic (exact) mass is 355 g/mol. The first-order chi connectivity index (χ1) is 13.2. The molecule has 0 bridgehead atoms. The Labute approximate surface area is 156 Å². The fourth-order valence-electron chi connectivity index (χ4n) is 3.15. The predicted octanol–water partition coefficient (Wildman–Crippen LogP) is 5.27. The number of methoxy groups -OCH3 is 1. The number of aromatic carboxylic acids is 1. The third kappa shape index (κ3) is 3.25. The molecule has 1 aromatic heterocycles. The molecule has 0 amide bonds. The molecule has 0 radical (unpaired) electrons. The number of aromatic nitrogens is 1. The molecule has 1 N–H and O–H groups in total. The van der Waals surface area contributed by atoms with Crippen molar-refractivity contribution in [2.24, 2.45) is 0 Å². The molecule has 0 saturated carbocycles. The number of pyridine rings is 1. The molecule has 4 nitrogen and oxygen atoms in total. The Morgan fingerprint density at radius 1 is 0.889 bits per heavy atom. The van der Waals surface area contributed by atoms with Crippen molar-refractivity contribution in [3.63, 3.8) is 0 Å². The van der Waals surface area contributed by atoms with Gasteiger partial charge in [0.05, 0.1) is 23.7 Å². The SMILES string of the molecule is COc1ccc(C=Cc2ccc3c(C(=O)O)c4ccccc4nc3c2)cc1. The van der Waals surface area contributed by atoms with Gasteiger partial charge in [0, 0.05) is 10.8 Å². The average Bonchev–Trinajstić information content (AvgIpc) is 2.70. The summed E-state index contributed by atoms with van der Waals surface area (Å²) in [5, 5.41) is 11.0. The smallest absolute Gasteiger partial charge is 0.337 e. The van der Waals surface area contributed by atoms with Crippen molar-refractivity contribution in [3.8, 4) is 5.75 Å². The molecule has 0 aliphatic rings. The molecule has 1 heterocycles. The lowest BCUT2D eigenvalue weighted by Gasteiger charge is -2.08. The molecular weight excluding hydrogens is 338 g/mol. The first-order valence-corrected chi connectivity index (χ1v) is 8.53. The van der Waals surface area contributed by atoms with Gasteiger partial charge >= 0.3 is 5.97 Å². The first-order valence-electron chi connectivity index (χ1n) is 8.53. The van der Waals surface area contributed by atoms with Crippen LogP contribution in [0.3, 0.4) is 0 Å². The quantitative estimate of drug-likeness (QED) is 0.400. The Kier molecular flexibility index (Phi) is 4.30. The van der Waals surface area contributed by atoms with Gasteiger partial charge in [-0.1, -0.05) is 54.6 Å². The van der Waals surface area contributed by atoms with Crippen LogP contribution in [0.5, 0.6) is 5.75 Å². The summed E-state index contributed by atoms with van der Waals surface area (Å²) in [5.74, 6) is -0.129. The molecule has 0 fully saturated rings. The van der Waals surface area contributed by atoms with Crippen molar-refractivity contribution >= 4 is 39.9 Å². The first kappa shape index (κ1) is 16.8. The van der Waals surface area contributed by atoms with E-state index in [-0.39, 0.29) is 0 Å². The van der Waals surface area contributed by atoms with Crippen LogP contribution in [0, 0.1) is 0 Å². The van der Waals surface area contributed by atoms with Crippen molar-refractivity contribution in [2.45, 2.75) is 0 Å². The lowest BCUT2D eigenvalue weighted by Crippen LogP contribution is -2.00. The number of rotatable bonds is 4. The minimum Gasteiger partial charge on any atom is -0.497 e. The minimum atomic E-state index is -0.944. The van der Waals surface area contributed by atoms with E-state index in [9.17, 15) is 9.90 Å². The van der Waals surface area contributed by atoms with Gasteiger partial charge in [-0.05, 0) is 35.4 Å². The Morgan fingerprint density at radius 3 is 2.30 bits per heavy atom. The maximum Gasteiger partial charge on any atom is 0.337 e. The number of benzene rings is 3. The topological polar surface area (TPSA) is 59.4 Å². The van der Waals surface area contributed by atoms with Gasteiger partial charge in [-0.15, -0.1) is 0 Å². The van der Waals surface area contributed by atoms with E-state index in [1.54, 1.807) is 13.2 Å². The van der Waals surface area contributed by atoms with Crippen LogP contribution in [-0.4, -0.2) is 23.2 Å². The Balaban J connectivity index is 1.78. The van der Waals surface area contributed by atoms with Crippen LogP contribution >= 0.6 is 0 Å². The highest BCUT2D eigenvalue weighted by Gasteiger charge is 2.14. The summed E-state index contributed by atoms with van der Waals surface area (Å²) in [6.07, 6.45) is 3.98. The van der Waals surface area contributed by atoms with E-state index >= 15 is 0 Å². The van der Waals surface area contributed by atoms with Gasteiger partial charge in [-0.25, -0.2) is 9.78 Å². The molecule has 3 aromatic carbocycles. The van der Waals surface area contributed by atoms with E-state index in [0.717, 1.165) is 16.9 Å². The molecule has 0 aliphatic carbocycles. The summed E-state index contributed by atoms with van der Waals surface area (Å²) in [4.78, 5) is 16.5. The fraction of sp³-hybridized carbons (Fsp3) is 0.0435. The fourth-order valence-corrected chi connectivity index (χ4v) is 3.15. The number of hydrogen-bond acceptors (Lipinski definition) is 3. The zero-order chi connectivity index (χ0) is 18.8. The summed E-state index contributed by atoms with van der Waals surface area (Å²) in [5.41, 5.74) is 3.65. The van der Waals surface area contributed by atoms with Crippen LogP contribution in [0.1, 0.15) is 21.5 Å². The third-order valence-electron chi connectivity index (χ3n) is 4.50. The van der Waals surface area contributed by atoms with Crippen molar-refractivity contribution in [2.75, 3.05) is 7.11 Å². The number of nitrogens with zero attached hydrogens (tertiary/aromatic N) is 1. The molecule has 0 saturated heterocycles. The van der Waals surface area contributed by atoms with E-state index in [2.05, 4.69) is 4.98 Å². The normalized spacial score (nSPS) is 11.3. The number of fused-ring (bicyclic) bond motifs is 2. The van der Waals surface area contributed by atoms with Crippen molar-refractivity contribution in [3.05, 3.63) is 83.4 Å². The maximum absolute atomic E-state index is 11.8. The second-order valence-electron chi connectivity index (χ2n) is 6.19. The summed E-state index contributed by atoms with van der Waals surface area (Å²) in [7, 11) is 1.64. The predicted molar refractivity (Wildman–Crippen MR) is 108 cm³/mol. The molecule has 0 atom stereocenters. The maximum atomic E-state index is 11.8. The molecule has 4 rings (SSSR count). The summed E-state index contributed by atoms with van der Waals surface area (Å²) < 4.78 is 5.17. The van der Waals surface area contributed by atoms with E-state index in [4.69, 9.17) is 4.74 Å². The van der Waals surface area contributed by atoms with Crippen LogP contribution < -0.4 is 4.74 Å². The van der Waals surface area contributed by atoms with E-state index in [0.29, 0.717) is 27.4 Å².